The van der Waals surface area contributed by atoms with Crippen molar-refractivity contribution < 1.29 is 19.0 Å². The fraction of sp³-hybridized carbons (Fsp3) is 0.909. The van der Waals surface area contributed by atoms with Crippen LogP contribution in [0.25, 0.3) is 0 Å². The summed E-state index contributed by atoms with van der Waals surface area (Å²) >= 11 is 0. The fourth-order valence-corrected chi connectivity index (χ4v) is 1.29. The van der Waals surface area contributed by atoms with Crippen molar-refractivity contribution in [1.82, 2.24) is 4.90 Å². The summed E-state index contributed by atoms with van der Waals surface area (Å²) in [6.07, 6.45) is -0.304. The molecule has 0 spiro atoms. The van der Waals surface area contributed by atoms with Gasteiger partial charge in [-0.15, -0.1) is 0 Å². The molecule has 0 radical (unpaired) electrons. The number of amides is 1. The van der Waals surface area contributed by atoms with E-state index in [2.05, 4.69) is 0 Å². The summed E-state index contributed by atoms with van der Waals surface area (Å²) in [5.74, 6) is 0. The highest BCUT2D eigenvalue weighted by Gasteiger charge is 2.22. The van der Waals surface area contributed by atoms with Gasteiger partial charge in [-0.2, -0.15) is 0 Å². The molecular formula is C11H21NO4. The van der Waals surface area contributed by atoms with Crippen molar-refractivity contribution in [2.24, 2.45) is 0 Å². The van der Waals surface area contributed by atoms with Crippen molar-refractivity contribution in [2.45, 2.75) is 26.4 Å². The van der Waals surface area contributed by atoms with Gasteiger partial charge in [-0.3, -0.25) is 0 Å². The van der Waals surface area contributed by atoms with Gasteiger partial charge in [0, 0.05) is 13.1 Å². The van der Waals surface area contributed by atoms with Gasteiger partial charge >= 0.3 is 6.09 Å². The van der Waals surface area contributed by atoms with Gasteiger partial charge in [-0.1, -0.05) is 0 Å². The third-order valence-corrected chi connectivity index (χ3v) is 2.03. The highest BCUT2D eigenvalue weighted by atomic mass is 16.6. The smallest absolute Gasteiger partial charge is 0.410 e. The molecule has 1 rings (SSSR count). The average Bonchev–Trinajstić information content (AvgIpc) is 2.27. The molecule has 0 aromatic rings. The molecule has 1 amide bonds. The van der Waals surface area contributed by atoms with E-state index in [0.29, 0.717) is 39.5 Å². The second-order valence-electron chi connectivity index (χ2n) is 4.69. The zero-order valence-corrected chi connectivity index (χ0v) is 10.3. The Bertz CT molecular complexity index is 215. The summed E-state index contributed by atoms with van der Waals surface area (Å²) in [6.45, 7) is 8.91. The number of ether oxygens (including phenoxy) is 3. The van der Waals surface area contributed by atoms with Gasteiger partial charge in [0.1, 0.15) is 5.60 Å². The zero-order chi connectivity index (χ0) is 12.0. The van der Waals surface area contributed by atoms with Crippen LogP contribution in [0.4, 0.5) is 4.79 Å². The molecule has 5 heteroatoms. The fourth-order valence-electron chi connectivity index (χ4n) is 1.29. The molecule has 1 heterocycles. The minimum absolute atomic E-state index is 0.304. The first-order valence-corrected chi connectivity index (χ1v) is 5.62. The SMILES string of the molecule is CC(C)(C)OC(=O)N1CCOCCOCC1. The minimum atomic E-state index is -0.461. The molecule has 0 aromatic carbocycles. The number of carbonyl (C=O) groups is 1. The van der Waals surface area contributed by atoms with E-state index >= 15 is 0 Å². The molecule has 0 aromatic heterocycles. The Labute approximate surface area is 96.6 Å². The highest BCUT2D eigenvalue weighted by Crippen LogP contribution is 2.10. The van der Waals surface area contributed by atoms with Crippen molar-refractivity contribution in [2.75, 3.05) is 39.5 Å². The van der Waals surface area contributed by atoms with Crippen LogP contribution in [0.5, 0.6) is 0 Å². The second-order valence-corrected chi connectivity index (χ2v) is 4.69. The number of carbonyl (C=O) groups excluding carboxylic acids is 1. The van der Waals surface area contributed by atoms with Crippen LogP contribution in [-0.4, -0.2) is 56.1 Å². The normalized spacial score (nSPS) is 19.6. The molecule has 1 saturated heterocycles. The largest absolute Gasteiger partial charge is 0.444 e. The van der Waals surface area contributed by atoms with E-state index in [-0.39, 0.29) is 6.09 Å². The maximum atomic E-state index is 11.8. The lowest BCUT2D eigenvalue weighted by molar-refractivity contribution is 0.0186. The number of nitrogens with zero attached hydrogens (tertiary/aromatic N) is 1. The summed E-state index contributed by atoms with van der Waals surface area (Å²) in [4.78, 5) is 13.4. The van der Waals surface area contributed by atoms with Gasteiger partial charge in [0.2, 0.25) is 0 Å². The highest BCUT2D eigenvalue weighted by molar-refractivity contribution is 5.68. The van der Waals surface area contributed by atoms with E-state index < -0.39 is 5.60 Å². The van der Waals surface area contributed by atoms with E-state index in [0.717, 1.165) is 0 Å². The Balaban J connectivity index is 2.44. The minimum Gasteiger partial charge on any atom is -0.444 e. The molecule has 0 bridgehead atoms. The molecule has 0 aliphatic carbocycles. The Hall–Kier alpha value is -0.810. The van der Waals surface area contributed by atoms with Crippen LogP contribution in [0.3, 0.4) is 0 Å². The van der Waals surface area contributed by atoms with Gasteiger partial charge in [-0.25, -0.2) is 4.79 Å². The van der Waals surface area contributed by atoms with Crippen LogP contribution in [0.15, 0.2) is 0 Å². The molecule has 1 fully saturated rings. The molecule has 94 valence electrons. The molecule has 1 aliphatic rings. The average molecular weight is 231 g/mol. The summed E-state index contributed by atoms with van der Waals surface area (Å²) in [6, 6.07) is 0. The van der Waals surface area contributed by atoms with Crippen LogP contribution in [0.1, 0.15) is 20.8 Å². The van der Waals surface area contributed by atoms with Crippen LogP contribution < -0.4 is 0 Å². The lowest BCUT2D eigenvalue weighted by Gasteiger charge is -2.26. The Kier molecular flexibility index (Phi) is 5.02. The van der Waals surface area contributed by atoms with Crippen molar-refractivity contribution >= 4 is 6.09 Å². The van der Waals surface area contributed by atoms with E-state index in [1.54, 1.807) is 4.90 Å². The van der Waals surface area contributed by atoms with Crippen molar-refractivity contribution in [3.8, 4) is 0 Å². The lowest BCUT2D eigenvalue weighted by Crippen LogP contribution is -2.40. The second kappa shape index (κ2) is 6.06. The molecule has 5 nitrogen and oxygen atoms in total. The third-order valence-electron chi connectivity index (χ3n) is 2.03. The quantitative estimate of drug-likeness (QED) is 0.630. The predicted octanol–water partition coefficient (Wildman–Crippen LogP) is 1.27. The van der Waals surface area contributed by atoms with Crippen molar-refractivity contribution in [3.63, 3.8) is 0 Å². The van der Waals surface area contributed by atoms with Crippen molar-refractivity contribution in [3.05, 3.63) is 0 Å². The van der Waals surface area contributed by atoms with Gasteiger partial charge in [-0.05, 0) is 20.8 Å². The van der Waals surface area contributed by atoms with E-state index in [1.165, 1.54) is 0 Å². The van der Waals surface area contributed by atoms with Crippen molar-refractivity contribution in [1.29, 1.82) is 0 Å². The Morgan fingerprint density at radius 2 is 1.56 bits per heavy atom. The third kappa shape index (κ3) is 5.32. The Morgan fingerprint density at radius 1 is 1.06 bits per heavy atom. The molecule has 0 atom stereocenters. The topological polar surface area (TPSA) is 48.0 Å². The van der Waals surface area contributed by atoms with E-state index in [9.17, 15) is 4.79 Å². The first-order valence-electron chi connectivity index (χ1n) is 5.62. The molecule has 0 saturated carbocycles. The summed E-state index contributed by atoms with van der Waals surface area (Å²) in [5, 5.41) is 0. The zero-order valence-electron chi connectivity index (χ0n) is 10.3. The van der Waals surface area contributed by atoms with Crippen LogP contribution in [-0.2, 0) is 14.2 Å². The Morgan fingerprint density at radius 3 is 2.00 bits per heavy atom. The van der Waals surface area contributed by atoms with Gasteiger partial charge < -0.3 is 19.1 Å². The molecule has 1 aliphatic heterocycles. The standard InChI is InChI=1S/C11H21NO4/c1-11(2,3)16-10(13)12-4-6-14-8-9-15-7-5-12/h4-9H2,1-3H3. The number of rotatable bonds is 0. The van der Waals surface area contributed by atoms with Gasteiger partial charge in [0.05, 0.1) is 26.4 Å². The van der Waals surface area contributed by atoms with Gasteiger partial charge in [0.15, 0.2) is 0 Å². The molecule has 0 unspecified atom stereocenters. The molecule has 0 N–H and O–H groups in total. The lowest BCUT2D eigenvalue weighted by atomic mass is 10.2. The predicted molar refractivity (Wildman–Crippen MR) is 59.4 cm³/mol. The van der Waals surface area contributed by atoms with Crippen LogP contribution >= 0.6 is 0 Å². The molecular weight excluding hydrogens is 210 g/mol. The van der Waals surface area contributed by atoms with Crippen LogP contribution in [0.2, 0.25) is 0 Å². The van der Waals surface area contributed by atoms with Gasteiger partial charge in [0.25, 0.3) is 0 Å². The summed E-state index contributed by atoms with van der Waals surface area (Å²) in [7, 11) is 0. The summed E-state index contributed by atoms with van der Waals surface area (Å²) < 4.78 is 15.9. The summed E-state index contributed by atoms with van der Waals surface area (Å²) in [5.41, 5.74) is -0.461. The first kappa shape index (κ1) is 13.3. The van der Waals surface area contributed by atoms with E-state index in [1.807, 2.05) is 20.8 Å². The maximum absolute atomic E-state index is 11.8. The van der Waals surface area contributed by atoms with Crippen LogP contribution in [0, 0.1) is 0 Å². The first-order chi connectivity index (χ1) is 7.49. The maximum Gasteiger partial charge on any atom is 0.410 e. The number of hydrogen-bond acceptors (Lipinski definition) is 4. The van der Waals surface area contributed by atoms with E-state index in [4.69, 9.17) is 14.2 Å². The monoisotopic (exact) mass is 231 g/mol. The number of hydrogen-bond donors (Lipinski definition) is 0. The molecule has 16 heavy (non-hydrogen) atoms.